The minimum Gasteiger partial charge on any atom is -0.497 e. The molecular weight excluding hydrogens is 482 g/mol. The Morgan fingerprint density at radius 2 is 1.50 bits per heavy atom. The first kappa shape index (κ1) is 25.6. The molecule has 0 saturated heterocycles. The second-order valence-corrected chi connectivity index (χ2v) is 9.75. The fourth-order valence-electron chi connectivity index (χ4n) is 5.57. The van der Waals surface area contributed by atoms with Crippen molar-refractivity contribution in [2.75, 3.05) is 32.7 Å². The third-order valence-electron chi connectivity index (χ3n) is 7.57. The first-order valence-corrected chi connectivity index (χ1v) is 13.2. The van der Waals surface area contributed by atoms with Gasteiger partial charge in [0.25, 0.3) is 0 Å². The number of amides is 2. The lowest BCUT2D eigenvalue weighted by atomic mass is 9.71. The highest BCUT2D eigenvalue weighted by Gasteiger charge is 2.47. The predicted molar refractivity (Wildman–Crippen MR) is 145 cm³/mol. The summed E-state index contributed by atoms with van der Waals surface area (Å²) in [6.45, 7) is 2.94. The number of carbonyl (C=O) groups excluding carboxylic acids is 1. The third-order valence-corrected chi connectivity index (χ3v) is 7.57. The molecule has 0 radical (unpaired) electrons. The lowest BCUT2D eigenvalue weighted by Crippen LogP contribution is -2.45. The van der Waals surface area contributed by atoms with E-state index in [4.69, 9.17) is 19.2 Å². The van der Waals surface area contributed by atoms with Gasteiger partial charge in [0.15, 0.2) is 0 Å². The summed E-state index contributed by atoms with van der Waals surface area (Å²) in [5.41, 5.74) is 2.44. The molecule has 0 spiro atoms. The molecule has 0 unspecified atom stereocenters. The SMILES string of the molecule is CCNC(=O)NC1CCC(Nc2ncnc3c2C(c2ccc(OC)cc2)(c2ccc(OC)cc2)CO3)CC1. The van der Waals surface area contributed by atoms with E-state index in [0.717, 1.165) is 59.7 Å². The van der Waals surface area contributed by atoms with Crippen molar-refractivity contribution in [1.82, 2.24) is 20.6 Å². The highest BCUT2D eigenvalue weighted by atomic mass is 16.5. The highest BCUT2D eigenvalue weighted by molar-refractivity contribution is 5.74. The Hall–Kier alpha value is -4.01. The average molecular weight is 518 g/mol. The Labute approximate surface area is 223 Å². The number of methoxy groups -OCH3 is 2. The summed E-state index contributed by atoms with van der Waals surface area (Å²) in [7, 11) is 3.33. The molecular formula is C29H35N5O4. The minimum atomic E-state index is -0.617. The number of urea groups is 1. The molecule has 0 bridgehead atoms. The lowest BCUT2D eigenvalue weighted by Gasteiger charge is -2.33. The summed E-state index contributed by atoms with van der Waals surface area (Å²) < 4.78 is 17.1. The molecule has 2 heterocycles. The van der Waals surface area contributed by atoms with Crippen molar-refractivity contribution in [3.8, 4) is 17.4 Å². The van der Waals surface area contributed by atoms with Crippen molar-refractivity contribution in [3.63, 3.8) is 0 Å². The van der Waals surface area contributed by atoms with Crippen LogP contribution in [0.5, 0.6) is 17.4 Å². The van der Waals surface area contributed by atoms with Gasteiger partial charge in [-0.25, -0.2) is 14.8 Å². The smallest absolute Gasteiger partial charge is 0.314 e. The van der Waals surface area contributed by atoms with E-state index in [2.05, 4.69) is 45.2 Å². The number of anilines is 1. The van der Waals surface area contributed by atoms with Gasteiger partial charge in [-0.3, -0.25) is 0 Å². The predicted octanol–water partition coefficient (Wildman–Crippen LogP) is 4.26. The molecule has 1 saturated carbocycles. The van der Waals surface area contributed by atoms with Gasteiger partial charge in [0.1, 0.15) is 30.3 Å². The number of hydrogen-bond donors (Lipinski definition) is 3. The molecule has 2 aliphatic rings. The van der Waals surface area contributed by atoms with E-state index in [1.807, 2.05) is 31.2 Å². The van der Waals surface area contributed by atoms with Crippen LogP contribution in [0.3, 0.4) is 0 Å². The molecule has 3 N–H and O–H groups in total. The zero-order chi connectivity index (χ0) is 26.5. The zero-order valence-corrected chi connectivity index (χ0v) is 22.1. The second-order valence-electron chi connectivity index (χ2n) is 9.75. The largest absolute Gasteiger partial charge is 0.497 e. The molecule has 2 aromatic carbocycles. The van der Waals surface area contributed by atoms with Crippen molar-refractivity contribution in [2.45, 2.75) is 50.1 Å². The van der Waals surface area contributed by atoms with Crippen molar-refractivity contribution in [1.29, 1.82) is 0 Å². The lowest BCUT2D eigenvalue weighted by molar-refractivity contribution is 0.232. The number of carbonyl (C=O) groups is 1. The molecule has 9 nitrogen and oxygen atoms in total. The first-order chi connectivity index (χ1) is 18.6. The van der Waals surface area contributed by atoms with E-state index in [9.17, 15) is 4.79 Å². The molecule has 0 atom stereocenters. The van der Waals surface area contributed by atoms with Crippen LogP contribution in [-0.4, -0.2) is 55.5 Å². The van der Waals surface area contributed by atoms with Gasteiger partial charge in [0.2, 0.25) is 5.88 Å². The second kappa shape index (κ2) is 11.2. The Morgan fingerprint density at radius 3 is 2.05 bits per heavy atom. The number of aromatic nitrogens is 2. The first-order valence-electron chi connectivity index (χ1n) is 13.2. The molecule has 1 aromatic heterocycles. The minimum absolute atomic E-state index is 0.0987. The van der Waals surface area contributed by atoms with Crippen LogP contribution in [0.1, 0.15) is 49.3 Å². The summed E-state index contributed by atoms with van der Waals surface area (Å²) >= 11 is 0. The summed E-state index contributed by atoms with van der Waals surface area (Å²) in [5, 5.41) is 9.60. The van der Waals surface area contributed by atoms with Crippen LogP contribution < -0.4 is 30.2 Å². The average Bonchev–Trinajstić information content (AvgIpc) is 3.36. The quantitative estimate of drug-likeness (QED) is 0.410. The van der Waals surface area contributed by atoms with Crippen molar-refractivity contribution in [2.24, 2.45) is 0 Å². The maximum absolute atomic E-state index is 11.9. The maximum Gasteiger partial charge on any atom is 0.314 e. The Kier molecular flexibility index (Phi) is 7.53. The number of nitrogens with one attached hydrogen (secondary N) is 3. The molecule has 3 aromatic rings. The summed E-state index contributed by atoms with van der Waals surface area (Å²) in [6.07, 6.45) is 5.21. The van der Waals surface area contributed by atoms with Gasteiger partial charge in [-0.2, -0.15) is 0 Å². The van der Waals surface area contributed by atoms with E-state index >= 15 is 0 Å². The van der Waals surface area contributed by atoms with Crippen LogP contribution in [0.2, 0.25) is 0 Å². The fourth-order valence-corrected chi connectivity index (χ4v) is 5.57. The molecule has 5 rings (SSSR count). The summed E-state index contributed by atoms with van der Waals surface area (Å²) in [6, 6.07) is 16.5. The van der Waals surface area contributed by atoms with Crippen molar-refractivity contribution < 1.29 is 19.0 Å². The zero-order valence-electron chi connectivity index (χ0n) is 22.1. The third kappa shape index (κ3) is 4.92. The Balaban J connectivity index is 1.47. The van der Waals surface area contributed by atoms with Crippen LogP contribution in [0.15, 0.2) is 54.9 Å². The number of fused-ring (bicyclic) bond motifs is 1. The van der Waals surface area contributed by atoms with Gasteiger partial charge in [-0.05, 0) is 68.0 Å². The van der Waals surface area contributed by atoms with E-state index in [-0.39, 0.29) is 18.1 Å². The Morgan fingerprint density at radius 1 is 0.921 bits per heavy atom. The van der Waals surface area contributed by atoms with Gasteiger partial charge in [-0.15, -0.1) is 0 Å². The normalized spacial score (nSPS) is 19.6. The van der Waals surface area contributed by atoms with Gasteiger partial charge in [-0.1, -0.05) is 24.3 Å². The van der Waals surface area contributed by atoms with Crippen molar-refractivity contribution in [3.05, 3.63) is 71.5 Å². The Bertz CT molecular complexity index is 1190. The van der Waals surface area contributed by atoms with Crippen LogP contribution in [0.25, 0.3) is 0 Å². The number of nitrogens with zero attached hydrogens (tertiary/aromatic N) is 2. The van der Waals surface area contributed by atoms with E-state index in [1.54, 1.807) is 20.5 Å². The molecule has 200 valence electrons. The summed E-state index contributed by atoms with van der Waals surface area (Å²) in [4.78, 5) is 21.2. The fraction of sp³-hybridized carbons (Fsp3) is 0.414. The standard InChI is InChI=1S/C29H35N5O4/c1-4-30-28(35)34-22-11-9-21(10-12-22)33-26-25-27(32-18-31-26)38-17-29(25,19-5-13-23(36-2)14-6-19)20-7-15-24(37-3)16-8-20/h5-8,13-16,18,21-22H,4,9-12,17H2,1-3H3,(H2,30,34,35)(H,31,32,33). The molecule has 2 amide bonds. The van der Waals surface area contributed by atoms with Gasteiger partial charge in [0, 0.05) is 18.6 Å². The summed E-state index contributed by atoms with van der Waals surface area (Å²) in [5.74, 6) is 2.94. The van der Waals surface area contributed by atoms with Crippen molar-refractivity contribution >= 4 is 11.8 Å². The van der Waals surface area contributed by atoms with Gasteiger partial charge < -0.3 is 30.2 Å². The number of ether oxygens (including phenoxy) is 3. The highest BCUT2D eigenvalue weighted by Crippen LogP contribution is 2.50. The molecule has 1 aliphatic carbocycles. The van der Waals surface area contributed by atoms with Gasteiger partial charge in [0.05, 0.1) is 25.2 Å². The van der Waals surface area contributed by atoms with E-state index in [1.165, 1.54) is 0 Å². The molecule has 9 heteroatoms. The van der Waals surface area contributed by atoms with E-state index in [0.29, 0.717) is 19.0 Å². The van der Waals surface area contributed by atoms with E-state index < -0.39 is 5.41 Å². The van der Waals surface area contributed by atoms with Crippen LogP contribution in [-0.2, 0) is 5.41 Å². The maximum atomic E-state index is 11.9. The number of rotatable bonds is 8. The van der Waals surface area contributed by atoms with Gasteiger partial charge >= 0.3 is 6.03 Å². The van der Waals surface area contributed by atoms with Crippen LogP contribution in [0.4, 0.5) is 10.6 Å². The topological polar surface area (TPSA) is 107 Å². The molecule has 1 fully saturated rings. The monoisotopic (exact) mass is 517 g/mol. The molecule has 38 heavy (non-hydrogen) atoms. The van der Waals surface area contributed by atoms with Crippen LogP contribution >= 0.6 is 0 Å². The van der Waals surface area contributed by atoms with Crippen LogP contribution in [0, 0.1) is 0 Å². The number of benzene rings is 2. The molecule has 1 aliphatic heterocycles. The number of hydrogen-bond acceptors (Lipinski definition) is 7.